The van der Waals surface area contributed by atoms with E-state index in [0.29, 0.717) is 28.9 Å². The Morgan fingerprint density at radius 1 is 1.19 bits per heavy atom. The van der Waals surface area contributed by atoms with Crippen molar-refractivity contribution >= 4 is 11.8 Å². The highest BCUT2D eigenvalue weighted by Gasteiger charge is 2.18. The van der Waals surface area contributed by atoms with Crippen LogP contribution in [0.2, 0.25) is 0 Å². The van der Waals surface area contributed by atoms with Gasteiger partial charge in [-0.05, 0) is 18.1 Å². The van der Waals surface area contributed by atoms with E-state index in [1.165, 1.54) is 29.4 Å². The third kappa shape index (κ3) is 3.52. The monoisotopic (exact) mass is 375 g/mol. The maximum atomic E-state index is 12.1. The molecule has 0 spiro atoms. The van der Waals surface area contributed by atoms with E-state index in [9.17, 15) is 9.59 Å². The molecule has 0 saturated heterocycles. The van der Waals surface area contributed by atoms with Gasteiger partial charge in [-0.3, -0.25) is 18.5 Å². The van der Waals surface area contributed by atoms with Gasteiger partial charge in [0, 0.05) is 38.2 Å². The van der Waals surface area contributed by atoms with Crippen LogP contribution in [0.3, 0.4) is 0 Å². The van der Waals surface area contributed by atoms with Crippen molar-refractivity contribution in [1.82, 2.24) is 23.9 Å². The number of furan rings is 1. The minimum atomic E-state index is -0.340. The average Bonchev–Trinajstić information content (AvgIpc) is 3.24. The highest BCUT2D eigenvalue weighted by atomic mass is 32.2. The van der Waals surface area contributed by atoms with Crippen LogP contribution in [0.15, 0.2) is 43.6 Å². The Labute approximate surface area is 154 Å². The molecule has 0 unspecified atom stereocenters. The van der Waals surface area contributed by atoms with E-state index in [4.69, 9.17) is 4.42 Å². The zero-order chi connectivity index (χ0) is 18.8. The van der Waals surface area contributed by atoms with Gasteiger partial charge in [-0.2, -0.15) is 0 Å². The second kappa shape index (κ2) is 7.36. The Bertz CT molecular complexity index is 1010. The van der Waals surface area contributed by atoms with E-state index in [1.54, 1.807) is 13.3 Å². The zero-order valence-electron chi connectivity index (χ0n) is 15.2. The van der Waals surface area contributed by atoms with E-state index in [0.717, 1.165) is 16.3 Å². The number of thioether (sulfide) groups is 1. The van der Waals surface area contributed by atoms with Crippen molar-refractivity contribution in [2.75, 3.05) is 0 Å². The molecule has 26 heavy (non-hydrogen) atoms. The summed E-state index contributed by atoms with van der Waals surface area (Å²) in [5, 5.41) is 9.26. The Hall–Kier alpha value is -2.55. The summed E-state index contributed by atoms with van der Waals surface area (Å²) < 4.78 is 10.0. The molecule has 0 aliphatic carbocycles. The molecule has 9 heteroatoms. The molecule has 0 N–H and O–H groups in total. The van der Waals surface area contributed by atoms with Gasteiger partial charge in [0.2, 0.25) is 0 Å². The molecule has 3 heterocycles. The fourth-order valence-electron chi connectivity index (χ4n) is 2.57. The van der Waals surface area contributed by atoms with Crippen molar-refractivity contribution in [3.8, 4) is 11.6 Å². The highest BCUT2D eigenvalue weighted by Crippen LogP contribution is 2.27. The van der Waals surface area contributed by atoms with E-state index < -0.39 is 0 Å². The fourth-order valence-corrected chi connectivity index (χ4v) is 3.54. The first-order valence-corrected chi connectivity index (χ1v) is 9.23. The van der Waals surface area contributed by atoms with Crippen molar-refractivity contribution < 1.29 is 4.42 Å². The van der Waals surface area contributed by atoms with Gasteiger partial charge in [0.1, 0.15) is 0 Å². The minimum Gasteiger partial charge on any atom is -0.461 e. The molecule has 0 aliphatic rings. The second-order valence-corrected chi connectivity index (χ2v) is 7.39. The molecule has 138 valence electrons. The Morgan fingerprint density at radius 2 is 1.96 bits per heavy atom. The van der Waals surface area contributed by atoms with Gasteiger partial charge in [0.15, 0.2) is 16.7 Å². The first-order chi connectivity index (χ1) is 12.4. The highest BCUT2D eigenvalue weighted by molar-refractivity contribution is 7.98. The van der Waals surface area contributed by atoms with Crippen LogP contribution in [0.1, 0.15) is 19.5 Å². The summed E-state index contributed by atoms with van der Waals surface area (Å²) in [5.41, 5.74) is -0.0154. The van der Waals surface area contributed by atoms with Crippen LogP contribution in [0.25, 0.3) is 11.6 Å². The maximum absolute atomic E-state index is 12.1. The fraction of sp³-hybridized carbons (Fsp3) is 0.412. The van der Waals surface area contributed by atoms with Gasteiger partial charge >= 0.3 is 5.69 Å². The molecule has 0 radical (unpaired) electrons. The van der Waals surface area contributed by atoms with Gasteiger partial charge in [0.05, 0.1) is 6.26 Å². The van der Waals surface area contributed by atoms with E-state index in [2.05, 4.69) is 24.0 Å². The second-order valence-electron chi connectivity index (χ2n) is 6.45. The predicted molar refractivity (Wildman–Crippen MR) is 99.0 cm³/mol. The average molecular weight is 375 g/mol. The lowest BCUT2D eigenvalue weighted by atomic mass is 10.2. The maximum Gasteiger partial charge on any atom is 0.330 e. The van der Waals surface area contributed by atoms with Crippen LogP contribution in [0.5, 0.6) is 0 Å². The Balaban J connectivity index is 1.91. The van der Waals surface area contributed by atoms with Gasteiger partial charge in [0.25, 0.3) is 5.56 Å². The molecule has 0 bridgehead atoms. The van der Waals surface area contributed by atoms with Gasteiger partial charge < -0.3 is 4.42 Å². The minimum absolute atomic E-state index is 0.316. The summed E-state index contributed by atoms with van der Waals surface area (Å²) in [6.45, 7) is 4.97. The molecule has 0 amide bonds. The van der Waals surface area contributed by atoms with Crippen molar-refractivity contribution in [2.45, 2.75) is 31.3 Å². The van der Waals surface area contributed by atoms with Crippen molar-refractivity contribution in [2.24, 2.45) is 20.0 Å². The standard InChI is InChI=1S/C17H21N5O3S/c1-11(2)9-22-15(13-6-5-7-25-13)18-19-16(22)26-10-12-8-14(23)21(4)17(24)20(12)3/h5-8,11H,9-10H2,1-4H3. The van der Waals surface area contributed by atoms with Gasteiger partial charge in [-0.15, -0.1) is 10.2 Å². The smallest absolute Gasteiger partial charge is 0.330 e. The van der Waals surface area contributed by atoms with Crippen LogP contribution < -0.4 is 11.2 Å². The normalized spacial score (nSPS) is 11.4. The molecule has 0 saturated carbocycles. The van der Waals surface area contributed by atoms with Crippen LogP contribution in [0, 0.1) is 5.92 Å². The summed E-state index contributed by atoms with van der Waals surface area (Å²) in [7, 11) is 3.13. The molecule has 0 aromatic carbocycles. The molecule has 0 atom stereocenters. The van der Waals surface area contributed by atoms with Crippen LogP contribution >= 0.6 is 11.8 Å². The molecular weight excluding hydrogens is 354 g/mol. The zero-order valence-corrected chi connectivity index (χ0v) is 16.0. The van der Waals surface area contributed by atoms with Crippen LogP contribution in [-0.4, -0.2) is 23.9 Å². The molecular formula is C17H21N5O3S. The largest absolute Gasteiger partial charge is 0.461 e. The van der Waals surface area contributed by atoms with E-state index in [-0.39, 0.29) is 11.2 Å². The third-order valence-corrected chi connectivity index (χ3v) is 4.98. The lowest BCUT2D eigenvalue weighted by Crippen LogP contribution is -2.37. The van der Waals surface area contributed by atoms with E-state index >= 15 is 0 Å². The van der Waals surface area contributed by atoms with Crippen molar-refractivity contribution in [3.63, 3.8) is 0 Å². The number of hydrogen-bond acceptors (Lipinski definition) is 6. The first kappa shape index (κ1) is 18.2. The van der Waals surface area contributed by atoms with Gasteiger partial charge in [-0.25, -0.2) is 4.79 Å². The summed E-state index contributed by atoms with van der Waals surface area (Å²) in [6.07, 6.45) is 1.60. The summed E-state index contributed by atoms with van der Waals surface area (Å²) in [5.74, 6) is 2.17. The molecule has 3 rings (SSSR count). The number of rotatable bonds is 6. The SMILES string of the molecule is CC(C)Cn1c(SCc2cc(=O)n(C)c(=O)n2C)nnc1-c1ccco1. The number of hydrogen-bond donors (Lipinski definition) is 0. The topological polar surface area (TPSA) is 87.9 Å². The molecule has 3 aromatic rings. The van der Waals surface area contributed by atoms with Crippen LogP contribution in [-0.2, 0) is 26.4 Å². The molecule has 0 fully saturated rings. The van der Waals surface area contributed by atoms with Crippen molar-refractivity contribution in [1.29, 1.82) is 0 Å². The summed E-state index contributed by atoms with van der Waals surface area (Å²) in [4.78, 5) is 24.0. The first-order valence-electron chi connectivity index (χ1n) is 8.24. The predicted octanol–water partition coefficient (Wildman–Crippen LogP) is 1.88. The summed E-state index contributed by atoms with van der Waals surface area (Å²) >= 11 is 1.44. The Kier molecular flexibility index (Phi) is 5.17. The number of aromatic nitrogens is 5. The lowest BCUT2D eigenvalue weighted by molar-refractivity contribution is 0.489. The quantitative estimate of drug-likeness (QED) is 0.611. The Morgan fingerprint density at radius 3 is 2.62 bits per heavy atom. The molecule has 3 aromatic heterocycles. The lowest BCUT2D eigenvalue weighted by Gasteiger charge is -2.12. The molecule has 0 aliphatic heterocycles. The van der Waals surface area contributed by atoms with Gasteiger partial charge in [-0.1, -0.05) is 25.6 Å². The van der Waals surface area contributed by atoms with Crippen molar-refractivity contribution in [3.05, 3.63) is 51.0 Å². The summed E-state index contributed by atoms with van der Waals surface area (Å²) in [6, 6.07) is 5.14. The number of nitrogens with zero attached hydrogens (tertiary/aromatic N) is 5. The van der Waals surface area contributed by atoms with E-state index in [1.807, 2.05) is 16.7 Å². The van der Waals surface area contributed by atoms with Crippen LogP contribution in [0.4, 0.5) is 0 Å². The third-order valence-electron chi connectivity index (χ3n) is 3.98. The molecule has 8 nitrogen and oxygen atoms in total.